The molecule has 2 aromatic rings. The average molecular weight is 324 g/mol. The number of halogens is 1. The zero-order chi connectivity index (χ0) is 14.9. The third kappa shape index (κ3) is 3.42. The predicted molar refractivity (Wildman–Crippen MR) is 86.1 cm³/mol. The second kappa shape index (κ2) is 6.67. The molecule has 1 aromatic heterocycles. The van der Waals surface area contributed by atoms with Gasteiger partial charge in [-0.2, -0.15) is 4.98 Å². The third-order valence-electron chi connectivity index (χ3n) is 4.05. The minimum absolute atomic E-state index is 0. The largest absolute Gasteiger partial charge is 0.484 e. The molecule has 0 atom stereocenters. The number of benzene rings is 1. The first kappa shape index (κ1) is 16.8. The standard InChI is InChI=1S/C16H21N3O2.ClH/c1-11(2)12-5-3-6-13(9-12)20-10-14-18-15(19-21-14)16(17)7-4-8-16;/h3,5-6,9,11H,4,7-8,10,17H2,1-2H3;1H. The number of nitrogens with two attached hydrogens (primary N) is 1. The summed E-state index contributed by atoms with van der Waals surface area (Å²) < 4.78 is 10.9. The first-order valence-electron chi connectivity index (χ1n) is 7.41. The Bertz CT molecular complexity index is 623. The van der Waals surface area contributed by atoms with Gasteiger partial charge in [-0.05, 0) is 42.9 Å². The van der Waals surface area contributed by atoms with Crippen LogP contribution in [0.1, 0.15) is 56.3 Å². The molecule has 1 aliphatic rings. The lowest BCUT2D eigenvalue weighted by Crippen LogP contribution is -2.44. The SMILES string of the molecule is CC(C)c1cccc(OCc2nc(C3(N)CCC3)no2)c1.Cl. The van der Waals surface area contributed by atoms with Gasteiger partial charge in [-0.15, -0.1) is 12.4 Å². The molecule has 22 heavy (non-hydrogen) atoms. The summed E-state index contributed by atoms with van der Waals surface area (Å²) in [7, 11) is 0. The summed E-state index contributed by atoms with van der Waals surface area (Å²) in [4.78, 5) is 4.35. The first-order valence-corrected chi connectivity index (χ1v) is 7.41. The van der Waals surface area contributed by atoms with Crippen LogP contribution in [0.25, 0.3) is 0 Å². The summed E-state index contributed by atoms with van der Waals surface area (Å²) in [5, 5.41) is 3.98. The molecule has 120 valence electrons. The highest BCUT2D eigenvalue weighted by atomic mass is 35.5. The van der Waals surface area contributed by atoms with E-state index in [-0.39, 0.29) is 24.6 Å². The fraction of sp³-hybridized carbons (Fsp3) is 0.500. The van der Waals surface area contributed by atoms with Crippen molar-refractivity contribution < 1.29 is 9.26 Å². The van der Waals surface area contributed by atoms with E-state index in [2.05, 4.69) is 30.1 Å². The monoisotopic (exact) mass is 323 g/mol. The average Bonchev–Trinajstić information content (AvgIpc) is 2.92. The van der Waals surface area contributed by atoms with E-state index in [4.69, 9.17) is 15.0 Å². The van der Waals surface area contributed by atoms with Crippen molar-refractivity contribution >= 4 is 12.4 Å². The Balaban J connectivity index is 0.00000176. The lowest BCUT2D eigenvalue weighted by Gasteiger charge is -2.34. The third-order valence-corrected chi connectivity index (χ3v) is 4.05. The van der Waals surface area contributed by atoms with Crippen LogP contribution in [-0.4, -0.2) is 10.1 Å². The van der Waals surface area contributed by atoms with Gasteiger partial charge in [-0.1, -0.05) is 31.1 Å². The van der Waals surface area contributed by atoms with Crippen LogP contribution in [0.15, 0.2) is 28.8 Å². The highest BCUT2D eigenvalue weighted by Crippen LogP contribution is 2.36. The zero-order valence-electron chi connectivity index (χ0n) is 12.9. The van der Waals surface area contributed by atoms with Crippen molar-refractivity contribution in [2.24, 2.45) is 5.73 Å². The van der Waals surface area contributed by atoms with Gasteiger partial charge in [0, 0.05) is 0 Å². The number of hydrogen-bond donors (Lipinski definition) is 1. The Hall–Kier alpha value is -1.59. The number of hydrogen-bond acceptors (Lipinski definition) is 5. The number of ether oxygens (including phenoxy) is 1. The molecule has 5 nitrogen and oxygen atoms in total. The lowest BCUT2D eigenvalue weighted by molar-refractivity contribution is 0.223. The minimum atomic E-state index is -0.390. The quantitative estimate of drug-likeness (QED) is 0.911. The fourth-order valence-corrected chi connectivity index (χ4v) is 2.41. The van der Waals surface area contributed by atoms with E-state index in [1.165, 1.54) is 5.56 Å². The van der Waals surface area contributed by atoms with E-state index >= 15 is 0 Å². The predicted octanol–water partition coefficient (Wildman–Crippen LogP) is 3.53. The van der Waals surface area contributed by atoms with Gasteiger partial charge >= 0.3 is 0 Å². The molecule has 3 rings (SSSR count). The molecule has 1 fully saturated rings. The second-order valence-electron chi connectivity index (χ2n) is 6.04. The topological polar surface area (TPSA) is 74.2 Å². The maximum absolute atomic E-state index is 6.17. The lowest BCUT2D eigenvalue weighted by atomic mass is 9.77. The van der Waals surface area contributed by atoms with E-state index < -0.39 is 0 Å². The molecule has 0 saturated heterocycles. The molecule has 0 amide bonds. The molecule has 0 spiro atoms. The Labute approximate surface area is 136 Å². The van der Waals surface area contributed by atoms with Crippen molar-refractivity contribution in [1.82, 2.24) is 10.1 Å². The van der Waals surface area contributed by atoms with Crippen LogP contribution in [0, 0.1) is 0 Å². The van der Waals surface area contributed by atoms with Crippen molar-refractivity contribution in [3.63, 3.8) is 0 Å². The maximum atomic E-state index is 6.17. The summed E-state index contributed by atoms with van der Waals surface area (Å²) in [5.41, 5.74) is 7.03. The molecule has 0 radical (unpaired) electrons. The van der Waals surface area contributed by atoms with E-state index in [0.29, 0.717) is 17.6 Å². The maximum Gasteiger partial charge on any atom is 0.264 e. The van der Waals surface area contributed by atoms with Gasteiger partial charge in [0.15, 0.2) is 12.4 Å². The first-order chi connectivity index (χ1) is 10.1. The molecular formula is C16H22ClN3O2. The highest BCUT2D eigenvalue weighted by Gasteiger charge is 2.38. The zero-order valence-corrected chi connectivity index (χ0v) is 13.7. The summed E-state index contributed by atoms with van der Waals surface area (Å²) in [6.45, 7) is 4.58. The molecule has 0 unspecified atom stereocenters. The van der Waals surface area contributed by atoms with Crippen molar-refractivity contribution in [3.8, 4) is 5.75 Å². The smallest absolute Gasteiger partial charge is 0.264 e. The van der Waals surface area contributed by atoms with Crippen molar-refractivity contribution in [3.05, 3.63) is 41.5 Å². The van der Waals surface area contributed by atoms with E-state index in [0.717, 1.165) is 25.0 Å². The van der Waals surface area contributed by atoms with Gasteiger partial charge in [0.1, 0.15) is 5.75 Å². The highest BCUT2D eigenvalue weighted by molar-refractivity contribution is 5.85. The van der Waals surface area contributed by atoms with Gasteiger partial charge in [0.05, 0.1) is 5.54 Å². The summed E-state index contributed by atoms with van der Waals surface area (Å²) in [6.07, 6.45) is 2.96. The van der Waals surface area contributed by atoms with Crippen LogP contribution in [0.2, 0.25) is 0 Å². The van der Waals surface area contributed by atoms with Gasteiger partial charge in [0.25, 0.3) is 5.89 Å². The van der Waals surface area contributed by atoms with Crippen molar-refractivity contribution in [2.75, 3.05) is 0 Å². The van der Waals surface area contributed by atoms with E-state index in [1.807, 2.05) is 18.2 Å². The summed E-state index contributed by atoms with van der Waals surface area (Å²) in [5.74, 6) is 2.35. The Morgan fingerprint density at radius 3 is 2.77 bits per heavy atom. The van der Waals surface area contributed by atoms with E-state index in [9.17, 15) is 0 Å². The van der Waals surface area contributed by atoms with Crippen LogP contribution >= 0.6 is 12.4 Å². The van der Waals surface area contributed by atoms with Gasteiger partial charge in [0.2, 0.25) is 0 Å². The minimum Gasteiger partial charge on any atom is -0.484 e. The molecule has 2 N–H and O–H groups in total. The Morgan fingerprint density at radius 2 is 2.14 bits per heavy atom. The number of aromatic nitrogens is 2. The summed E-state index contributed by atoms with van der Waals surface area (Å²) in [6, 6.07) is 8.06. The Kier molecular flexibility index (Phi) is 5.08. The Morgan fingerprint density at radius 1 is 1.36 bits per heavy atom. The molecule has 0 bridgehead atoms. The molecule has 6 heteroatoms. The molecule has 1 saturated carbocycles. The van der Waals surface area contributed by atoms with Gasteiger partial charge in [-0.3, -0.25) is 0 Å². The molecular weight excluding hydrogens is 302 g/mol. The van der Waals surface area contributed by atoms with E-state index in [1.54, 1.807) is 0 Å². The molecule has 1 aromatic carbocycles. The molecule has 1 aliphatic carbocycles. The molecule has 0 aliphatic heterocycles. The van der Waals surface area contributed by atoms with Gasteiger partial charge < -0.3 is 15.0 Å². The summed E-state index contributed by atoms with van der Waals surface area (Å²) >= 11 is 0. The normalized spacial score (nSPS) is 16.0. The van der Waals surface area contributed by atoms with Crippen LogP contribution < -0.4 is 10.5 Å². The fourth-order valence-electron chi connectivity index (χ4n) is 2.41. The van der Waals surface area contributed by atoms with Crippen molar-refractivity contribution in [2.45, 2.75) is 51.2 Å². The second-order valence-corrected chi connectivity index (χ2v) is 6.04. The van der Waals surface area contributed by atoms with Crippen LogP contribution in [0.5, 0.6) is 5.75 Å². The number of rotatable bonds is 5. The van der Waals surface area contributed by atoms with Crippen LogP contribution in [0.3, 0.4) is 0 Å². The van der Waals surface area contributed by atoms with Gasteiger partial charge in [-0.25, -0.2) is 0 Å². The number of nitrogens with zero attached hydrogens (tertiary/aromatic N) is 2. The van der Waals surface area contributed by atoms with Crippen LogP contribution in [0.4, 0.5) is 0 Å². The molecule has 1 heterocycles. The van der Waals surface area contributed by atoms with Crippen LogP contribution in [-0.2, 0) is 12.1 Å². The van der Waals surface area contributed by atoms with Crippen molar-refractivity contribution in [1.29, 1.82) is 0 Å².